The molecular weight excluding hydrogens is 154 g/mol. The zero-order chi connectivity index (χ0) is 7.52. The predicted molar refractivity (Wildman–Crippen MR) is 48.9 cm³/mol. The summed E-state index contributed by atoms with van der Waals surface area (Å²) in [7, 11) is 0. The summed E-state index contributed by atoms with van der Waals surface area (Å²) in [6, 6.07) is 2.24. The summed E-state index contributed by atoms with van der Waals surface area (Å²) >= 11 is 1.87. The number of allylic oxidation sites excluding steroid dienone is 1. The van der Waals surface area contributed by atoms with Crippen LogP contribution in [0.5, 0.6) is 0 Å². The maximum Gasteiger partial charge on any atom is 0.0182 e. The normalized spacial score (nSPS) is 16.4. The Kier molecular flexibility index (Phi) is 1.95. The maximum atomic E-state index is 3.24. The molecule has 11 heavy (non-hydrogen) atoms. The largest absolute Gasteiger partial charge is 0.391 e. The second kappa shape index (κ2) is 3.09. The van der Waals surface area contributed by atoms with Gasteiger partial charge in [0.2, 0.25) is 0 Å². The highest BCUT2D eigenvalue weighted by Gasteiger charge is 2.03. The highest BCUT2D eigenvalue weighted by molar-refractivity contribution is 7.10. The summed E-state index contributed by atoms with van der Waals surface area (Å²) in [6.07, 6.45) is 6.51. The molecule has 58 valence electrons. The van der Waals surface area contributed by atoms with E-state index in [9.17, 15) is 0 Å². The first-order chi connectivity index (χ1) is 5.47. The lowest BCUT2D eigenvalue weighted by molar-refractivity contribution is 0.817. The number of hydrogen-bond donors (Lipinski definition) is 1. The summed E-state index contributed by atoms with van der Waals surface area (Å²) in [5, 5.41) is 5.43. The van der Waals surface area contributed by atoms with Crippen LogP contribution in [0.1, 0.15) is 10.4 Å². The third kappa shape index (κ3) is 1.46. The molecule has 2 heterocycles. The van der Waals surface area contributed by atoms with Crippen molar-refractivity contribution in [3.05, 3.63) is 34.2 Å². The topological polar surface area (TPSA) is 12.0 Å². The molecule has 0 atom stereocenters. The Labute approximate surface area is 70.8 Å². The van der Waals surface area contributed by atoms with Crippen LogP contribution in [0.4, 0.5) is 0 Å². The van der Waals surface area contributed by atoms with Gasteiger partial charge in [0.15, 0.2) is 0 Å². The smallest absolute Gasteiger partial charge is 0.0182 e. The molecule has 0 spiro atoms. The minimum Gasteiger partial charge on any atom is -0.391 e. The molecule has 0 amide bonds. The standard InChI is InChI=1S/C9H11NS/c1-2-9-8(4-7-11-9)3-6-10-5-1/h1,4-5,7,10H,2-3,6H2. The van der Waals surface area contributed by atoms with Gasteiger partial charge in [0, 0.05) is 17.8 Å². The molecule has 1 nitrogen and oxygen atoms in total. The van der Waals surface area contributed by atoms with Gasteiger partial charge < -0.3 is 5.32 Å². The van der Waals surface area contributed by atoms with Gasteiger partial charge in [-0.1, -0.05) is 6.08 Å². The van der Waals surface area contributed by atoms with Gasteiger partial charge in [0.1, 0.15) is 0 Å². The molecule has 2 heteroatoms. The van der Waals surface area contributed by atoms with Crippen LogP contribution >= 0.6 is 11.3 Å². The summed E-state index contributed by atoms with van der Waals surface area (Å²) in [5.41, 5.74) is 1.52. The van der Waals surface area contributed by atoms with E-state index in [1.54, 1.807) is 0 Å². The highest BCUT2D eigenvalue weighted by Crippen LogP contribution is 2.18. The first kappa shape index (κ1) is 6.92. The molecule has 1 aromatic rings. The first-order valence-electron chi connectivity index (χ1n) is 3.90. The van der Waals surface area contributed by atoms with Gasteiger partial charge in [-0.2, -0.15) is 0 Å². The SMILES string of the molecule is C1=CNCCc2ccsc2C1. The van der Waals surface area contributed by atoms with Crippen LogP contribution in [-0.4, -0.2) is 6.54 Å². The molecule has 2 rings (SSSR count). The van der Waals surface area contributed by atoms with Crippen LogP contribution in [0.3, 0.4) is 0 Å². The van der Waals surface area contributed by atoms with Crippen LogP contribution in [0.15, 0.2) is 23.7 Å². The van der Waals surface area contributed by atoms with Gasteiger partial charge in [-0.25, -0.2) is 0 Å². The van der Waals surface area contributed by atoms with E-state index in [4.69, 9.17) is 0 Å². The molecule has 0 aromatic carbocycles. The third-order valence-corrected chi connectivity index (χ3v) is 2.90. The van der Waals surface area contributed by atoms with Crippen molar-refractivity contribution in [2.75, 3.05) is 6.54 Å². The average molecular weight is 165 g/mol. The fourth-order valence-corrected chi connectivity index (χ4v) is 2.22. The van der Waals surface area contributed by atoms with Gasteiger partial charge in [-0.15, -0.1) is 11.3 Å². The number of hydrogen-bond acceptors (Lipinski definition) is 2. The van der Waals surface area contributed by atoms with E-state index < -0.39 is 0 Å². The molecule has 1 aromatic heterocycles. The molecular formula is C9H11NS. The van der Waals surface area contributed by atoms with Gasteiger partial charge >= 0.3 is 0 Å². The molecule has 0 bridgehead atoms. The minimum absolute atomic E-state index is 1.07. The van der Waals surface area contributed by atoms with Crippen molar-refractivity contribution < 1.29 is 0 Å². The van der Waals surface area contributed by atoms with E-state index in [1.165, 1.54) is 16.9 Å². The van der Waals surface area contributed by atoms with Crippen molar-refractivity contribution in [2.24, 2.45) is 0 Å². The number of fused-ring (bicyclic) bond motifs is 1. The van der Waals surface area contributed by atoms with Gasteiger partial charge in [0.25, 0.3) is 0 Å². The number of nitrogens with one attached hydrogen (secondary N) is 1. The molecule has 1 aliphatic rings. The summed E-state index contributed by atoms with van der Waals surface area (Å²) in [5.74, 6) is 0. The van der Waals surface area contributed by atoms with Crippen molar-refractivity contribution in [3.63, 3.8) is 0 Å². The summed E-state index contributed by atoms with van der Waals surface area (Å²) < 4.78 is 0. The fourth-order valence-electron chi connectivity index (χ4n) is 1.31. The second-order valence-electron chi connectivity index (χ2n) is 2.68. The lowest BCUT2D eigenvalue weighted by Gasteiger charge is -2.05. The van der Waals surface area contributed by atoms with Crippen molar-refractivity contribution >= 4 is 11.3 Å². The lowest BCUT2D eigenvalue weighted by Crippen LogP contribution is -2.11. The fraction of sp³-hybridized carbons (Fsp3) is 0.333. The van der Waals surface area contributed by atoms with E-state index in [-0.39, 0.29) is 0 Å². The van der Waals surface area contributed by atoms with E-state index in [0.29, 0.717) is 0 Å². The Hall–Kier alpha value is -0.760. The molecule has 0 fully saturated rings. The number of thiophene rings is 1. The molecule has 0 saturated carbocycles. The van der Waals surface area contributed by atoms with Crippen molar-refractivity contribution in [1.29, 1.82) is 0 Å². The van der Waals surface area contributed by atoms with Crippen LogP contribution in [0.2, 0.25) is 0 Å². The zero-order valence-corrected chi connectivity index (χ0v) is 7.16. The van der Waals surface area contributed by atoms with E-state index in [0.717, 1.165) is 13.0 Å². The monoisotopic (exact) mass is 165 g/mol. The van der Waals surface area contributed by atoms with Crippen LogP contribution in [0, 0.1) is 0 Å². The van der Waals surface area contributed by atoms with Crippen LogP contribution < -0.4 is 5.32 Å². The van der Waals surface area contributed by atoms with Crippen LogP contribution in [-0.2, 0) is 12.8 Å². The average Bonchev–Trinajstić information content (AvgIpc) is 2.35. The van der Waals surface area contributed by atoms with Gasteiger partial charge in [-0.3, -0.25) is 0 Å². The Morgan fingerprint density at radius 3 is 3.45 bits per heavy atom. The minimum atomic E-state index is 1.07. The molecule has 0 unspecified atom stereocenters. The molecule has 0 saturated heterocycles. The van der Waals surface area contributed by atoms with E-state index in [2.05, 4.69) is 29.0 Å². The van der Waals surface area contributed by atoms with Crippen LogP contribution in [0.25, 0.3) is 0 Å². The van der Waals surface area contributed by atoms with Crippen molar-refractivity contribution in [2.45, 2.75) is 12.8 Å². The second-order valence-corrected chi connectivity index (χ2v) is 3.68. The Morgan fingerprint density at radius 1 is 1.45 bits per heavy atom. The molecule has 0 radical (unpaired) electrons. The zero-order valence-electron chi connectivity index (χ0n) is 6.34. The molecule has 0 aliphatic carbocycles. The first-order valence-corrected chi connectivity index (χ1v) is 4.78. The third-order valence-electron chi connectivity index (χ3n) is 1.92. The number of rotatable bonds is 0. The molecule has 1 N–H and O–H groups in total. The van der Waals surface area contributed by atoms with E-state index in [1.807, 2.05) is 11.3 Å². The Bertz CT molecular complexity index is 262. The van der Waals surface area contributed by atoms with Crippen molar-refractivity contribution in [3.8, 4) is 0 Å². The maximum absolute atomic E-state index is 3.24. The van der Waals surface area contributed by atoms with E-state index >= 15 is 0 Å². The molecule has 1 aliphatic heterocycles. The quantitative estimate of drug-likeness (QED) is 0.619. The highest BCUT2D eigenvalue weighted by atomic mass is 32.1. The Balaban J connectivity index is 2.27. The predicted octanol–water partition coefficient (Wildman–Crippen LogP) is 1.95. The Morgan fingerprint density at radius 2 is 2.45 bits per heavy atom. The van der Waals surface area contributed by atoms with Gasteiger partial charge in [0.05, 0.1) is 0 Å². The van der Waals surface area contributed by atoms with Gasteiger partial charge in [-0.05, 0) is 29.6 Å². The summed E-state index contributed by atoms with van der Waals surface area (Å²) in [4.78, 5) is 1.53. The summed E-state index contributed by atoms with van der Waals surface area (Å²) in [6.45, 7) is 1.07. The van der Waals surface area contributed by atoms with Crippen molar-refractivity contribution in [1.82, 2.24) is 5.32 Å². The lowest BCUT2D eigenvalue weighted by atomic mass is 10.1.